The number of aliphatic hydroxyl groups is 1. The van der Waals surface area contributed by atoms with Crippen molar-refractivity contribution in [2.24, 2.45) is 0 Å². The molecule has 3 heteroatoms. The number of aliphatic hydroxyl groups excluding tert-OH is 1. The van der Waals surface area contributed by atoms with Gasteiger partial charge >= 0.3 is 0 Å². The topological polar surface area (TPSA) is 41.5 Å². The number of rotatable bonds is 6. The Morgan fingerprint density at radius 2 is 2.07 bits per heavy atom. The van der Waals surface area contributed by atoms with E-state index in [1.165, 1.54) is 0 Å². The van der Waals surface area contributed by atoms with Crippen LogP contribution in [0.4, 0.5) is 0 Å². The Morgan fingerprint density at radius 3 is 2.53 bits per heavy atom. The molecule has 0 aromatic rings. The van der Waals surface area contributed by atoms with Crippen molar-refractivity contribution in [1.82, 2.24) is 5.32 Å². The van der Waals surface area contributed by atoms with Gasteiger partial charge in [0, 0.05) is 19.3 Å². The maximum absolute atomic E-state index is 9.13. The standard InChI is InChI=1S/C12H25NO2/c1-3-9-13-12(8-10-14)6-4-11(15-2)5-7-12/h11,13-14H,3-10H2,1-2H3. The smallest absolute Gasteiger partial charge is 0.0572 e. The van der Waals surface area contributed by atoms with E-state index in [4.69, 9.17) is 9.84 Å². The summed E-state index contributed by atoms with van der Waals surface area (Å²) in [5.74, 6) is 0. The molecule has 15 heavy (non-hydrogen) atoms. The second-order valence-electron chi connectivity index (χ2n) is 4.62. The molecule has 0 bridgehead atoms. The third kappa shape index (κ3) is 3.74. The molecule has 1 fully saturated rings. The highest BCUT2D eigenvalue weighted by atomic mass is 16.5. The van der Waals surface area contributed by atoms with Gasteiger partial charge < -0.3 is 15.2 Å². The molecule has 0 radical (unpaired) electrons. The summed E-state index contributed by atoms with van der Waals surface area (Å²) in [6, 6.07) is 0. The Bertz CT molecular complexity index is 165. The molecule has 1 aliphatic rings. The maximum Gasteiger partial charge on any atom is 0.0572 e. The molecule has 3 nitrogen and oxygen atoms in total. The lowest BCUT2D eigenvalue weighted by molar-refractivity contribution is 0.0344. The zero-order valence-electron chi connectivity index (χ0n) is 10.1. The van der Waals surface area contributed by atoms with Gasteiger partial charge in [0.25, 0.3) is 0 Å². The Morgan fingerprint density at radius 1 is 1.40 bits per heavy atom. The molecule has 0 aromatic heterocycles. The quantitative estimate of drug-likeness (QED) is 0.708. The van der Waals surface area contributed by atoms with Crippen LogP contribution >= 0.6 is 0 Å². The predicted molar refractivity (Wildman–Crippen MR) is 62.0 cm³/mol. The molecule has 0 atom stereocenters. The van der Waals surface area contributed by atoms with Crippen molar-refractivity contribution >= 4 is 0 Å². The summed E-state index contributed by atoms with van der Waals surface area (Å²) in [5.41, 5.74) is 0.180. The van der Waals surface area contributed by atoms with Gasteiger partial charge in [0.2, 0.25) is 0 Å². The summed E-state index contributed by atoms with van der Waals surface area (Å²) >= 11 is 0. The zero-order chi connectivity index (χ0) is 11.1. The van der Waals surface area contributed by atoms with E-state index in [1.54, 1.807) is 7.11 Å². The van der Waals surface area contributed by atoms with Crippen LogP contribution in [-0.2, 0) is 4.74 Å². The van der Waals surface area contributed by atoms with E-state index >= 15 is 0 Å². The number of hydrogen-bond acceptors (Lipinski definition) is 3. The lowest BCUT2D eigenvalue weighted by Crippen LogP contribution is -2.49. The molecule has 1 saturated carbocycles. The van der Waals surface area contributed by atoms with Gasteiger partial charge in [-0.05, 0) is 45.1 Å². The first kappa shape index (κ1) is 12.9. The van der Waals surface area contributed by atoms with Crippen LogP contribution in [0.25, 0.3) is 0 Å². The van der Waals surface area contributed by atoms with Crippen molar-refractivity contribution < 1.29 is 9.84 Å². The van der Waals surface area contributed by atoms with Crippen LogP contribution in [0.15, 0.2) is 0 Å². The van der Waals surface area contributed by atoms with Crippen molar-refractivity contribution in [3.05, 3.63) is 0 Å². The summed E-state index contributed by atoms with van der Waals surface area (Å²) in [6.07, 6.45) is 6.96. The summed E-state index contributed by atoms with van der Waals surface area (Å²) in [7, 11) is 1.79. The minimum absolute atomic E-state index is 0.180. The summed E-state index contributed by atoms with van der Waals surface area (Å²) in [5, 5.41) is 12.7. The van der Waals surface area contributed by atoms with E-state index in [1.807, 2.05) is 0 Å². The first-order valence-electron chi connectivity index (χ1n) is 6.15. The molecule has 0 aliphatic heterocycles. The van der Waals surface area contributed by atoms with Gasteiger partial charge in [-0.1, -0.05) is 6.92 Å². The van der Waals surface area contributed by atoms with Crippen LogP contribution in [0.1, 0.15) is 45.4 Å². The number of hydrogen-bond donors (Lipinski definition) is 2. The van der Waals surface area contributed by atoms with Gasteiger partial charge in [-0.25, -0.2) is 0 Å². The summed E-state index contributed by atoms with van der Waals surface area (Å²) in [4.78, 5) is 0. The summed E-state index contributed by atoms with van der Waals surface area (Å²) in [6.45, 7) is 3.52. The fourth-order valence-electron chi connectivity index (χ4n) is 2.50. The lowest BCUT2D eigenvalue weighted by atomic mass is 9.78. The van der Waals surface area contributed by atoms with Gasteiger partial charge in [0.15, 0.2) is 0 Å². The maximum atomic E-state index is 9.13. The van der Waals surface area contributed by atoms with E-state index in [-0.39, 0.29) is 12.1 Å². The molecule has 0 heterocycles. The molecule has 0 saturated heterocycles. The zero-order valence-corrected chi connectivity index (χ0v) is 10.1. The van der Waals surface area contributed by atoms with Crippen LogP contribution in [0, 0.1) is 0 Å². The lowest BCUT2D eigenvalue weighted by Gasteiger charge is -2.40. The second kappa shape index (κ2) is 6.46. The number of ether oxygens (including phenoxy) is 1. The van der Waals surface area contributed by atoms with Gasteiger partial charge in [-0.2, -0.15) is 0 Å². The molecule has 0 amide bonds. The SMILES string of the molecule is CCCNC1(CCO)CCC(OC)CC1. The average molecular weight is 215 g/mol. The molecule has 90 valence electrons. The Hall–Kier alpha value is -0.120. The van der Waals surface area contributed by atoms with Gasteiger partial charge in [-0.3, -0.25) is 0 Å². The highest BCUT2D eigenvalue weighted by Gasteiger charge is 2.33. The molecule has 0 aromatic carbocycles. The predicted octanol–water partition coefficient (Wildman–Crippen LogP) is 1.70. The molecular weight excluding hydrogens is 190 g/mol. The van der Waals surface area contributed by atoms with Gasteiger partial charge in [0.05, 0.1) is 6.10 Å². The highest BCUT2D eigenvalue weighted by Crippen LogP contribution is 2.32. The van der Waals surface area contributed by atoms with E-state index in [9.17, 15) is 0 Å². The monoisotopic (exact) mass is 215 g/mol. The van der Waals surface area contributed by atoms with E-state index in [0.29, 0.717) is 6.10 Å². The number of methoxy groups -OCH3 is 1. The second-order valence-corrected chi connectivity index (χ2v) is 4.62. The molecule has 1 rings (SSSR count). The van der Waals surface area contributed by atoms with Crippen molar-refractivity contribution in [3.8, 4) is 0 Å². The Kier molecular flexibility index (Phi) is 5.58. The summed E-state index contributed by atoms with van der Waals surface area (Å²) < 4.78 is 5.38. The van der Waals surface area contributed by atoms with Crippen LogP contribution < -0.4 is 5.32 Å². The van der Waals surface area contributed by atoms with Crippen molar-refractivity contribution in [3.63, 3.8) is 0 Å². The largest absolute Gasteiger partial charge is 0.396 e. The minimum atomic E-state index is 0.180. The van der Waals surface area contributed by atoms with Crippen LogP contribution in [0.5, 0.6) is 0 Å². The van der Waals surface area contributed by atoms with E-state index < -0.39 is 0 Å². The van der Waals surface area contributed by atoms with Crippen molar-refractivity contribution in [1.29, 1.82) is 0 Å². The van der Waals surface area contributed by atoms with Crippen molar-refractivity contribution in [2.45, 2.75) is 57.1 Å². The normalized spacial score (nSPS) is 31.8. The van der Waals surface area contributed by atoms with Gasteiger partial charge in [0.1, 0.15) is 0 Å². The van der Waals surface area contributed by atoms with Crippen LogP contribution in [0.2, 0.25) is 0 Å². The minimum Gasteiger partial charge on any atom is -0.396 e. The number of nitrogens with one attached hydrogen (secondary N) is 1. The van der Waals surface area contributed by atoms with Gasteiger partial charge in [-0.15, -0.1) is 0 Å². The molecule has 0 unspecified atom stereocenters. The van der Waals surface area contributed by atoms with Crippen molar-refractivity contribution in [2.75, 3.05) is 20.3 Å². The molecular formula is C12H25NO2. The van der Waals surface area contributed by atoms with E-state index in [0.717, 1.165) is 45.1 Å². The van der Waals surface area contributed by atoms with Crippen LogP contribution in [0.3, 0.4) is 0 Å². The average Bonchev–Trinajstić information content (AvgIpc) is 2.28. The molecule has 2 N–H and O–H groups in total. The first-order valence-corrected chi connectivity index (χ1v) is 6.15. The third-order valence-electron chi connectivity index (χ3n) is 3.56. The fourth-order valence-corrected chi connectivity index (χ4v) is 2.50. The Balaban J connectivity index is 2.44. The third-order valence-corrected chi connectivity index (χ3v) is 3.56. The first-order chi connectivity index (χ1) is 7.26. The van der Waals surface area contributed by atoms with Crippen LogP contribution in [-0.4, -0.2) is 37.0 Å². The molecule has 1 aliphatic carbocycles. The fraction of sp³-hybridized carbons (Fsp3) is 1.00. The molecule has 0 spiro atoms. The van der Waals surface area contributed by atoms with E-state index in [2.05, 4.69) is 12.2 Å². The Labute approximate surface area is 93.2 Å². The highest BCUT2D eigenvalue weighted by molar-refractivity contribution is 4.92.